The molecule has 1 atom stereocenters. The number of carbonyl (C=O) groups is 1. The quantitative estimate of drug-likeness (QED) is 0.381. The Bertz CT molecular complexity index is 1170. The van der Waals surface area contributed by atoms with Crippen LogP contribution in [0.15, 0.2) is 70.4 Å². The van der Waals surface area contributed by atoms with E-state index >= 15 is 0 Å². The van der Waals surface area contributed by atoms with E-state index in [1.54, 1.807) is 35.2 Å². The van der Waals surface area contributed by atoms with Crippen molar-refractivity contribution >= 4 is 16.9 Å². The molecule has 0 aliphatic carbocycles. The van der Waals surface area contributed by atoms with E-state index in [-0.39, 0.29) is 17.1 Å². The number of hydrogen-bond donors (Lipinski definition) is 0. The fourth-order valence-corrected chi connectivity index (χ4v) is 3.96. The van der Waals surface area contributed by atoms with Crippen LogP contribution in [0.25, 0.3) is 11.0 Å². The predicted molar refractivity (Wildman–Crippen MR) is 119 cm³/mol. The Kier molecular flexibility index (Phi) is 6.18. The van der Waals surface area contributed by atoms with Crippen molar-refractivity contribution < 1.29 is 18.7 Å². The van der Waals surface area contributed by atoms with Crippen LogP contribution >= 0.6 is 0 Å². The summed E-state index contributed by atoms with van der Waals surface area (Å²) in [5, 5.41) is 0.467. The highest BCUT2D eigenvalue weighted by Gasteiger charge is 2.42. The molecule has 4 rings (SSSR count). The second-order valence-electron chi connectivity index (χ2n) is 7.29. The van der Waals surface area contributed by atoms with E-state index in [2.05, 4.69) is 6.58 Å². The molecule has 0 radical (unpaired) electrons. The van der Waals surface area contributed by atoms with Gasteiger partial charge in [0.05, 0.1) is 17.0 Å². The maximum Gasteiger partial charge on any atom is 0.290 e. The minimum atomic E-state index is -0.544. The van der Waals surface area contributed by atoms with Crippen molar-refractivity contribution in [3.63, 3.8) is 0 Å². The van der Waals surface area contributed by atoms with Gasteiger partial charge in [0.2, 0.25) is 5.76 Å². The molecule has 0 bridgehead atoms. The van der Waals surface area contributed by atoms with Crippen LogP contribution in [0.5, 0.6) is 5.75 Å². The lowest BCUT2D eigenvalue weighted by Crippen LogP contribution is -2.31. The van der Waals surface area contributed by atoms with Gasteiger partial charge in [-0.25, -0.2) is 0 Å². The monoisotopic (exact) mass is 419 g/mol. The third-order valence-electron chi connectivity index (χ3n) is 5.31. The number of para-hydroxylation sites is 1. The molecule has 2 aromatic carbocycles. The number of nitrogens with zero attached hydrogens (tertiary/aromatic N) is 1. The summed E-state index contributed by atoms with van der Waals surface area (Å²) in [5.41, 5.74) is 1.41. The molecule has 2 heterocycles. The summed E-state index contributed by atoms with van der Waals surface area (Å²) in [6.07, 6.45) is 2.33. The average molecular weight is 419 g/mol. The van der Waals surface area contributed by atoms with Gasteiger partial charge in [0.15, 0.2) is 5.43 Å². The zero-order chi connectivity index (χ0) is 21.8. The normalized spacial score (nSPS) is 15.3. The molecule has 6 heteroatoms. The molecule has 1 aliphatic heterocycles. The van der Waals surface area contributed by atoms with Gasteiger partial charge in [-0.05, 0) is 43.2 Å². The van der Waals surface area contributed by atoms with Gasteiger partial charge < -0.3 is 18.8 Å². The number of carbonyl (C=O) groups excluding carboxylic acids is 1. The molecule has 1 aromatic heterocycles. The fourth-order valence-electron chi connectivity index (χ4n) is 3.96. The lowest BCUT2D eigenvalue weighted by molar-refractivity contribution is 0.0695. The Morgan fingerprint density at radius 1 is 1.16 bits per heavy atom. The smallest absolute Gasteiger partial charge is 0.290 e. The Morgan fingerprint density at radius 3 is 2.81 bits per heavy atom. The molecule has 31 heavy (non-hydrogen) atoms. The van der Waals surface area contributed by atoms with Gasteiger partial charge in [-0.2, -0.15) is 0 Å². The van der Waals surface area contributed by atoms with E-state index in [9.17, 15) is 9.59 Å². The third kappa shape index (κ3) is 3.99. The summed E-state index contributed by atoms with van der Waals surface area (Å²) in [5.74, 6) is 0.483. The highest BCUT2D eigenvalue weighted by atomic mass is 16.5. The van der Waals surface area contributed by atoms with Crippen molar-refractivity contribution in [1.29, 1.82) is 0 Å². The van der Waals surface area contributed by atoms with Crippen LogP contribution in [0, 0.1) is 0 Å². The van der Waals surface area contributed by atoms with Gasteiger partial charge in [0.25, 0.3) is 5.91 Å². The fraction of sp³-hybridized carbons (Fsp3) is 0.280. The minimum Gasteiger partial charge on any atom is -0.490 e. The van der Waals surface area contributed by atoms with E-state index in [0.717, 1.165) is 5.56 Å². The molecule has 0 unspecified atom stereocenters. The molecular formula is C25H25NO5. The number of amides is 1. The Hall–Kier alpha value is -3.38. The maximum atomic E-state index is 13.4. The van der Waals surface area contributed by atoms with Crippen molar-refractivity contribution in [3.05, 3.63) is 88.3 Å². The Labute approximate surface area is 180 Å². The maximum absolute atomic E-state index is 13.4. The molecule has 0 spiro atoms. The first kappa shape index (κ1) is 20.9. The summed E-state index contributed by atoms with van der Waals surface area (Å²) < 4.78 is 17.1. The molecule has 3 aromatic rings. The van der Waals surface area contributed by atoms with Crippen molar-refractivity contribution in [2.45, 2.75) is 19.4 Å². The first-order valence-electron chi connectivity index (χ1n) is 10.4. The van der Waals surface area contributed by atoms with Gasteiger partial charge in [0, 0.05) is 19.8 Å². The molecule has 1 aliphatic rings. The van der Waals surface area contributed by atoms with Crippen molar-refractivity contribution in [2.75, 3.05) is 26.4 Å². The zero-order valence-electron chi connectivity index (χ0n) is 17.5. The van der Waals surface area contributed by atoms with Crippen LogP contribution < -0.4 is 10.2 Å². The van der Waals surface area contributed by atoms with Gasteiger partial charge in [-0.15, -0.1) is 0 Å². The number of hydrogen-bond acceptors (Lipinski definition) is 5. The number of ether oxygens (including phenoxy) is 2. The zero-order valence-corrected chi connectivity index (χ0v) is 17.5. The van der Waals surface area contributed by atoms with Crippen LogP contribution in [-0.2, 0) is 4.74 Å². The van der Waals surface area contributed by atoms with Crippen LogP contribution in [-0.4, -0.2) is 37.2 Å². The van der Waals surface area contributed by atoms with Crippen LogP contribution in [0.1, 0.15) is 41.1 Å². The Morgan fingerprint density at radius 2 is 2.00 bits per heavy atom. The largest absolute Gasteiger partial charge is 0.490 e. The third-order valence-corrected chi connectivity index (χ3v) is 5.31. The van der Waals surface area contributed by atoms with Gasteiger partial charge in [0.1, 0.15) is 17.9 Å². The van der Waals surface area contributed by atoms with E-state index in [4.69, 9.17) is 13.9 Å². The second-order valence-corrected chi connectivity index (χ2v) is 7.29. The summed E-state index contributed by atoms with van der Waals surface area (Å²) >= 11 is 0. The van der Waals surface area contributed by atoms with E-state index in [0.29, 0.717) is 55.1 Å². The predicted octanol–water partition coefficient (Wildman–Crippen LogP) is 4.33. The number of benzene rings is 2. The van der Waals surface area contributed by atoms with Crippen molar-refractivity contribution in [3.8, 4) is 5.75 Å². The molecular weight excluding hydrogens is 394 g/mol. The molecule has 6 nitrogen and oxygen atoms in total. The molecule has 0 N–H and O–H groups in total. The van der Waals surface area contributed by atoms with Gasteiger partial charge in [-0.3, -0.25) is 9.59 Å². The summed E-state index contributed by atoms with van der Waals surface area (Å²) in [7, 11) is 0. The lowest BCUT2D eigenvalue weighted by Gasteiger charge is -2.25. The van der Waals surface area contributed by atoms with Crippen molar-refractivity contribution in [1.82, 2.24) is 4.90 Å². The average Bonchev–Trinajstić information content (AvgIpc) is 3.07. The summed E-state index contributed by atoms with van der Waals surface area (Å²) in [6.45, 7) is 7.58. The SMILES string of the molecule is C=CCOc1cccc([C@H]2c3c(oc4ccccc4c3=O)C(=O)N2CCCOCC)c1. The Balaban J connectivity index is 1.81. The first-order valence-corrected chi connectivity index (χ1v) is 10.4. The van der Waals surface area contributed by atoms with E-state index in [1.165, 1.54) is 0 Å². The van der Waals surface area contributed by atoms with Crippen LogP contribution in [0.3, 0.4) is 0 Å². The molecule has 160 valence electrons. The molecule has 0 saturated carbocycles. The van der Waals surface area contributed by atoms with E-state index < -0.39 is 6.04 Å². The summed E-state index contributed by atoms with van der Waals surface area (Å²) in [4.78, 5) is 28.4. The minimum absolute atomic E-state index is 0.113. The highest BCUT2D eigenvalue weighted by Crippen LogP contribution is 2.39. The van der Waals surface area contributed by atoms with Crippen LogP contribution in [0.4, 0.5) is 0 Å². The standard InChI is InChI=1S/C25H25NO5/c1-3-14-30-18-10-7-9-17(16-18)22-21-23(27)19-11-5-6-12-20(19)31-24(21)25(28)26(22)13-8-15-29-4-2/h3,5-7,9-12,16,22H,1,4,8,13-15H2,2H3/t22-/m0/s1. The van der Waals surface area contributed by atoms with Crippen LogP contribution in [0.2, 0.25) is 0 Å². The highest BCUT2D eigenvalue weighted by molar-refractivity contribution is 5.99. The molecule has 0 saturated heterocycles. The topological polar surface area (TPSA) is 69.0 Å². The number of fused-ring (bicyclic) bond motifs is 2. The van der Waals surface area contributed by atoms with Gasteiger partial charge >= 0.3 is 0 Å². The molecule has 0 fully saturated rings. The van der Waals surface area contributed by atoms with Gasteiger partial charge in [-0.1, -0.05) is 36.9 Å². The van der Waals surface area contributed by atoms with Crippen molar-refractivity contribution in [2.24, 2.45) is 0 Å². The second kappa shape index (κ2) is 9.18. The van der Waals surface area contributed by atoms with E-state index in [1.807, 2.05) is 31.2 Å². The summed E-state index contributed by atoms with van der Waals surface area (Å²) in [6, 6.07) is 13.9. The lowest BCUT2D eigenvalue weighted by atomic mass is 9.98. The first-order chi connectivity index (χ1) is 15.2. The number of rotatable bonds is 9. The molecule has 1 amide bonds.